The number of aryl methyl sites for hydroxylation is 1. The maximum Gasteiger partial charge on any atom is 0.231 e. The van der Waals surface area contributed by atoms with Gasteiger partial charge in [0, 0.05) is 31.4 Å². The maximum atomic E-state index is 10.5. The summed E-state index contributed by atoms with van der Waals surface area (Å²) in [5.41, 5.74) is 1.11. The molecule has 0 bridgehead atoms. The van der Waals surface area contributed by atoms with Crippen LogP contribution in [0.25, 0.3) is 0 Å². The van der Waals surface area contributed by atoms with Gasteiger partial charge in [0.25, 0.3) is 0 Å². The molecule has 2 N–H and O–H groups in total. The van der Waals surface area contributed by atoms with Gasteiger partial charge in [0.15, 0.2) is 0 Å². The number of nitrogens with zero attached hydrogens (tertiary/aromatic N) is 3. The number of piperidine rings is 1. The lowest BCUT2D eigenvalue weighted by Gasteiger charge is -2.33. The summed E-state index contributed by atoms with van der Waals surface area (Å²) in [6.45, 7) is 4.61. The number of hydrogen-bond acceptors (Lipinski definition) is 4. The maximum absolute atomic E-state index is 10.5. The molecule has 1 fully saturated rings. The van der Waals surface area contributed by atoms with Gasteiger partial charge in [-0.1, -0.05) is 0 Å². The number of anilines is 1. The van der Waals surface area contributed by atoms with Crippen molar-refractivity contribution in [2.24, 2.45) is 5.92 Å². The van der Waals surface area contributed by atoms with Crippen LogP contribution in [0.1, 0.15) is 24.8 Å². The molecular formula is C12H20N4O2S. The van der Waals surface area contributed by atoms with Gasteiger partial charge in [-0.05, 0) is 32.1 Å². The third kappa shape index (κ3) is 4.22. The van der Waals surface area contributed by atoms with E-state index in [0.29, 0.717) is 12.5 Å². The van der Waals surface area contributed by atoms with Gasteiger partial charge in [-0.3, -0.25) is 4.55 Å². The lowest BCUT2D eigenvalue weighted by molar-refractivity contribution is 0.379. The van der Waals surface area contributed by atoms with Crippen LogP contribution in [-0.4, -0.2) is 38.4 Å². The fourth-order valence-electron chi connectivity index (χ4n) is 2.51. The van der Waals surface area contributed by atoms with E-state index in [2.05, 4.69) is 19.6 Å². The summed E-state index contributed by atoms with van der Waals surface area (Å²) >= 11 is -1.89. The SMILES string of the molecule is Cc1cncnc1N1CCC(CCNS(=O)O)CC1. The van der Waals surface area contributed by atoms with E-state index in [1.807, 2.05) is 13.1 Å². The van der Waals surface area contributed by atoms with E-state index in [-0.39, 0.29) is 0 Å². The van der Waals surface area contributed by atoms with Crippen LogP contribution in [0.3, 0.4) is 0 Å². The van der Waals surface area contributed by atoms with Crippen molar-refractivity contribution >= 4 is 17.1 Å². The zero-order valence-corrected chi connectivity index (χ0v) is 11.9. The summed E-state index contributed by atoms with van der Waals surface area (Å²) in [5, 5.41) is 0. The molecule has 1 atom stereocenters. The van der Waals surface area contributed by atoms with Crippen molar-refractivity contribution in [3.05, 3.63) is 18.1 Å². The summed E-state index contributed by atoms with van der Waals surface area (Å²) < 4.78 is 21.7. The second kappa shape index (κ2) is 6.93. The molecule has 7 heteroatoms. The molecule has 1 aliphatic rings. The molecule has 0 saturated carbocycles. The fraction of sp³-hybridized carbons (Fsp3) is 0.667. The van der Waals surface area contributed by atoms with Crippen LogP contribution >= 0.6 is 0 Å². The number of hydrogen-bond donors (Lipinski definition) is 2. The van der Waals surface area contributed by atoms with Crippen molar-refractivity contribution in [2.75, 3.05) is 24.5 Å². The van der Waals surface area contributed by atoms with Crippen LogP contribution in [0.4, 0.5) is 5.82 Å². The Morgan fingerprint density at radius 1 is 1.53 bits per heavy atom. The summed E-state index contributed by atoms with van der Waals surface area (Å²) in [4.78, 5) is 10.7. The molecule has 2 heterocycles. The minimum atomic E-state index is -1.89. The zero-order valence-electron chi connectivity index (χ0n) is 11.1. The second-order valence-corrected chi connectivity index (χ2v) is 5.68. The summed E-state index contributed by atoms with van der Waals surface area (Å²) in [5.74, 6) is 1.65. The molecule has 1 unspecified atom stereocenters. The predicted molar refractivity (Wildman–Crippen MR) is 75.1 cm³/mol. The molecule has 1 aromatic rings. The Morgan fingerprint density at radius 2 is 2.26 bits per heavy atom. The first-order valence-corrected chi connectivity index (χ1v) is 7.63. The quantitative estimate of drug-likeness (QED) is 0.792. The molecule has 0 aliphatic carbocycles. The van der Waals surface area contributed by atoms with E-state index < -0.39 is 11.3 Å². The van der Waals surface area contributed by atoms with Crippen LogP contribution in [0, 0.1) is 12.8 Å². The minimum Gasteiger partial charge on any atom is -0.356 e. The smallest absolute Gasteiger partial charge is 0.231 e. The molecule has 106 valence electrons. The van der Waals surface area contributed by atoms with Crippen LogP contribution < -0.4 is 9.62 Å². The van der Waals surface area contributed by atoms with Gasteiger partial charge in [0.2, 0.25) is 11.3 Å². The molecule has 0 spiro atoms. The van der Waals surface area contributed by atoms with Gasteiger partial charge in [-0.25, -0.2) is 18.9 Å². The fourth-order valence-corrected chi connectivity index (χ4v) is 2.80. The first-order chi connectivity index (χ1) is 9.16. The van der Waals surface area contributed by atoms with E-state index in [1.54, 1.807) is 6.33 Å². The summed E-state index contributed by atoms with van der Waals surface area (Å²) in [6, 6.07) is 0. The lowest BCUT2D eigenvalue weighted by Crippen LogP contribution is -2.35. The molecule has 1 aromatic heterocycles. The van der Waals surface area contributed by atoms with Crippen LogP contribution in [0.15, 0.2) is 12.5 Å². The Balaban J connectivity index is 1.79. The molecule has 2 rings (SSSR count). The monoisotopic (exact) mass is 284 g/mol. The van der Waals surface area contributed by atoms with E-state index >= 15 is 0 Å². The van der Waals surface area contributed by atoms with Crippen molar-refractivity contribution in [1.29, 1.82) is 0 Å². The second-order valence-electron chi connectivity index (χ2n) is 4.89. The Kier molecular flexibility index (Phi) is 5.24. The Hall–Kier alpha value is -1.05. The summed E-state index contributed by atoms with van der Waals surface area (Å²) in [6.07, 6.45) is 6.58. The highest BCUT2D eigenvalue weighted by Gasteiger charge is 2.20. The molecular weight excluding hydrogens is 264 g/mol. The normalized spacial score (nSPS) is 18.5. The minimum absolute atomic E-state index is 0.598. The van der Waals surface area contributed by atoms with Gasteiger partial charge < -0.3 is 4.90 Å². The standard InChI is InChI=1S/C12H20N4O2S/c1-10-8-13-9-14-12(10)16-6-3-11(4-7-16)2-5-15-19(17)18/h8-9,11,15H,2-7H2,1H3,(H,17,18). The van der Waals surface area contributed by atoms with E-state index in [0.717, 1.165) is 43.7 Å². The van der Waals surface area contributed by atoms with Crippen molar-refractivity contribution in [3.8, 4) is 0 Å². The van der Waals surface area contributed by atoms with Crippen molar-refractivity contribution < 1.29 is 8.76 Å². The first-order valence-electron chi connectivity index (χ1n) is 6.52. The molecule has 6 nitrogen and oxygen atoms in total. The third-order valence-corrected chi connectivity index (χ3v) is 4.01. The largest absolute Gasteiger partial charge is 0.356 e. The Bertz CT molecular complexity index is 435. The van der Waals surface area contributed by atoms with Crippen LogP contribution in [0.5, 0.6) is 0 Å². The number of rotatable bonds is 5. The van der Waals surface area contributed by atoms with Gasteiger partial charge >= 0.3 is 0 Å². The average molecular weight is 284 g/mol. The Labute approximate surface area is 116 Å². The molecule has 0 radical (unpaired) electrons. The highest BCUT2D eigenvalue weighted by atomic mass is 32.2. The molecule has 0 amide bonds. The summed E-state index contributed by atoms with van der Waals surface area (Å²) in [7, 11) is 0. The average Bonchev–Trinajstić information content (AvgIpc) is 2.40. The topological polar surface area (TPSA) is 78.4 Å². The van der Waals surface area contributed by atoms with E-state index in [4.69, 9.17) is 4.55 Å². The van der Waals surface area contributed by atoms with E-state index in [9.17, 15) is 4.21 Å². The zero-order chi connectivity index (χ0) is 13.7. The van der Waals surface area contributed by atoms with Gasteiger partial charge in [-0.15, -0.1) is 0 Å². The molecule has 0 aromatic carbocycles. The Morgan fingerprint density at radius 3 is 2.89 bits per heavy atom. The van der Waals surface area contributed by atoms with Gasteiger partial charge in [-0.2, -0.15) is 0 Å². The molecule has 19 heavy (non-hydrogen) atoms. The van der Waals surface area contributed by atoms with Crippen molar-refractivity contribution in [1.82, 2.24) is 14.7 Å². The van der Waals surface area contributed by atoms with Crippen LogP contribution in [0.2, 0.25) is 0 Å². The van der Waals surface area contributed by atoms with Crippen molar-refractivity contribution in [2.45, 2.75) is 26.2 Å². The van der Waals surface area contributed by atoms with Crippen molar-refractivity contribution in [3.63, 3.8) is 0 Å². The molecule has 1 saturated heterocycles. The highest BCUT2D eigenvalue weighted by molar-refractivity contribution is 7.77. The van der Waals surface area contributed by atoms with Gasteiger partial charge in [0.05, 0.1) is 0 Å². The van der Waals surface area contributed by atoms with E-state index in [1.165, 1.54) is 0 Å². The van der Waals surface area contributed by atoms with Gasteiger partial charge in [0.1, 0.15) is 12.1 Å². The highest BCUT2D eigenvalue weighted by Crippen LogP contribution is 2.25. The number of aromatic nitrogens is 2. The third-order valence-electron chi connectivity index (χ3n) is 3.56. The first kappa shape index (κ1) is 14.4. The lowest BCUT2D eigenvalue weighted by atomic mass is 9.93. The predicted octanol–water partition coefficient (Wildman–Crippen LogP) is 1.12. The number of nitrogens with one attached hydrogen (secondary N) is 1. The molecule has 1 aliphatic heterocycles. The van der Waals surface area contributed by atoms with Crippen LogP contribution in [-0.2, 0) is 11.3 Å².